The van der Waals surface area contributed by atoms with Gasteiger partial charge in [-0.25, -0.2) is 4.39 Å². The lowest BCUT2D eigenvalue weighted by Gasteiger charge is -2.21. The van der Waals surface area contributed by atoms with E-state index < -0.39 is 5.60 Å². The normalized spacial score (nSPS) is 20.1. The fourth-order valence-corrected chi connectivity index (χ4v) is 2.89. The van der Waals surface area contributed by atoms with Crippen LogP contribution in [0, 0.1) is 12.7 Å². The quantitative estimate of drug-likeness (QED) is 0.807. The molecule has 4 nitrogen and oxygen atoms in total. The van der Waals surface area contributed by atoms with Gasteiger partial charge < -0.3 is 15.7 Å². The van der Waals surface area contributed by atoms with Crippen LogP contribution in [-0.2, 0) is 0 Å². The number of hydrogen-bond acceptors (Lipinski definition) is 3. The minimum absolute atomic E-state index is 0.215. The highest BCUT2D eigenvalue weighted by molar-refractivity contribution is 5.94. The second-order valence-corrected chi connectivity index (χ2v) is 6.39. The van der Waals surface area contributed by atoms with Crippen LogP contribution in [-0.4, -0.2) is 36.2 Å². The molecular formula is C19H21FN2O2. The van der Waals surface area contributed by atoms with E-state index in [-0.39, 0.29) is 18.3 Å². The monoisotopic (exact) mass is 328 g/mol. The number of carbonyl (C=O) groups is 1. The molecule has 126 valence electrons. The van der Waals surface area contributed by atoms with Gasteiger partial charge in [-0.05, 0) is 49.7 Å². The largest absolute Gasteiger partial charge is 0.387 e. The Morgan fingerprint density at radius 1 is 1.29 bits per heavy atom. The highest BCUT2D eigenvalue weighted by atomic mass is 19.1. The van der Waals surface area contributed by atoms with E-state index in [4.69, 9.17) is 0 Å². The van der Waals surface area contributed by atoms with E-state index in [0.717, 1.165) is 17.7 Å². The number of rotatable bonds is 4. The summed E-state index contributed by atoms with van der Waals surface area (Å²) in [5.74, 6) is -0.527. The number of halogens is 1. The van der Waals surface area contributed by atoms with Crippen molar-refractivity contribution in [2.45, 2.75) is 18.9 Å². The molecule has 2 aromatic rings. The minimum Gasteiger partial charge on any atom is -0.387 e. The third-order valence-corrected chi connectivity index (χ3v) is 4.38. The summed E-state index contributed by atoms with van der Waals surface area (Å²) >= 11 is 0. The summed E-state index contributed by atoms with van der Waals surface area (Å²) in [6.07, 6.45) is 0.624. The average molecular weight is 328 g/mol. The maximum Gasteiger partial charge on any atom is 0.251 e. The van der Waals surface area contributed by atoms with E-state index in [2.05, 4.69) is 10.6 Å². The van der Waals surface area contributed by atoms with E-state index in [1.54, 1.807) is 36.4 Å². The second kappa shape index (κ2) is 6.71. The van der Waals surface area contributed by atoms with Crippen molar-refractivity contribution in [3.05, 3.63) is 59.4 Å². The van der Waals surface area contributed by atoms with E-state index in [0.29, 0.717) is 24.1 Å². The summed E-state index contributed by atoms with van der Waals surface area (Å²) in [6, 6.07) is 11.8. The molecule has 1 amide bonds. The highest BCUT2D eigenvalue weighted by Gasteiger charge is 2.31. The molecular weight excluding hydrogens is 307 g/mol. The van der Waals surface area contributed by atoms with Crippen molar-refractivity contribution in [2.75, 3.05) is 19.6 Å². The first-order valence-corrected chi connectivity index (χ1v) is 8.05. The van der Waals surface area contributed by atoms with Gasteiger partial charge in [0.1, 0.15) is 5.82 Å². The molecule has 0 saturated carbocycles. The van der Waals surface area contributed by atoms with Crippen LogP contribution < -0.4 is 10.6 Å². The smallest absolute Gasteiger partial charge is 0.251 e. The average Bonchev–Trinajstić information content (AvgIpc) is 3.02. The SMILES string of the molecule is Cc1ccc(F)c(-c2ccc(C(=O)NC[C@@]3(O)CCNC3)cc2)c1. The molecule has 1 heterocycles. The van der Waals surface area contributed by atoms with Gasteiger partial charge in [0, 0.05) is 24.2 Å². The Bertz CT molecular complexity index is 738. The first-order valence-electron chi connectivity index (χ1n) is 8.05. The molecule has 0 aliphatic carbocycles. The zero-order valence-electron chi connectivity index (χ0n) is 13.6. The van der Waals surface area contributed by atoms with Gasteiger partial charge in [-0.1, -0.05) is 23.8 Å². The van der Waals surface area contributed by atoms with Gasteiger partial charge in [0.15, 0.2) is 0 Å². The molecule has 0 spiro atoms. The Labute approximate surface area is 140 Å². The number of aliphatic hydroxyl groups is 1. The molecule has 1 atom stereocenters. The summed E-state index contributed by atoms with van der Waals surface area (Å²) in [6.45, 7) is 3.36. The van der Waals surface area contributed by atoms with Gasteiger partial charge in [-0.2, -0.15) is 0 Å². The second-order valence-electron chi connectivity index (χ2n) is 6.39. The Balaban J connectivity index is 1.69. The van der Waals surface area contributed by atoms with Crippen molar-refractivity contribution in [1.82, 2.24) is 10.6 Å². The van der Waals surface area contributed by atoms with Crippen molar-refractivity contribution in [1.29, 1.82) is 0 Å². The zero-order chi connectivity index (χ0) is 17.2. The molecule has 0 unspecified atom stereocenters. The predicted octanol–water partition coefficient (Wildman–Crippen LogP) is 2.26. The van der Waals surface area contributed by atoms with Crippen molar-refractivity contribution >= 4 is 5.91 Å². The molecule has 0 aromatic heterocycles. The summed E-state index contributed by atoms with van der Waals surface area (Å²) in [5.41, 5.74) is 1.84. The molecule has 1 fully saturated rings. The molecule has 5 heteroatoms. The van der Waals surface area contributed by atoms with E-state index in [9.17, 15) is 14.3 Å². The molecule has 3 rings (SSSR count). The minimum atomic E-state index is -0.875. The standard InChI is InChI=1S/C19H21FN2O2/c1-13-2-7-17(20)16(10-13)14-3-5-15(6-4-14)18(23)22-12-19(24)8-9-21-11-19/h2-7,10,21,24H,8-9,11-12H2,1H3,(H,22,23)/t19-/m1/s1. The Kier molecular flexibility index (Phi) is 4.64. The number of β-amino-alcohol motifs (C(OH)–C–C–N with tert-alkyl or cyclic N) is 1. The first kappa shape index (κ1) is 16.6. The lowest BCUT2D eigenvalue weighted by molar-refractivity contribution is 0.0562. The maximum atomic E-state index is 13.9. The highest BCUT2D eigenvalue weighted by Crippen LogP contribution is 2.24. The van der Waals surface area contributed by atoms with Gasteiger partial charge >= 0.3 is 0 Å². The van der Waals surface area contributed by atoms with Gasteiger partial charge in [0.2, 0.25) is 0 Å². The van der Waals surface area contributed by atoms with Crippen molar-refractivity contribution in [3.8, 4) is 11.1 Å². The molecule has 0 bridgehead atoms. The summed E-state index contributed by atoms with van der Waals surface area (Å²) in [4.78, 5) is 12.2. The third kappa shape index (κ3) is 3.63. The van der Waals surface area contributed by atoms with Crippen LogP contribution in [0.25, 0.3) is 11.1 Å². The number of benzene rings is 2. The Hall–Kier alpha value is -2.24. The fourth-order valence-electron chi connectivity index (χ4n) is 2.89. The lowest BCUT2D eigenvalue weighted by atomic mass is 10.0. The number of aryl methyl sites for hydroxylation is 1. The Morgan fingerprint density at radius 3 is 2.71 bits per heavy atom. The van der Waals surface area contributed by atoms with Crippen molar-refractivity contribution < 1.29 is 14.3 Å². The Morgan fingerprint density at radius 2 is 2.04 bits per heavy atom. The molecule has 1 aliphatic rings. The van der Waals surface area contributed by atoms with Crippen LogP contribution in [0.4, 0.5) is 4.39 Å². The topological polar surface area (TPSA) is 61.4 Å². The number of carbonyl (C=O) groups excluding carboxylic acids is 1. The van der Waals surface area contributed by atoms with Gasteiger partial charge in [0.25, 0.3) is 5.91 Å². The van der Waals surface area contributed by atoms with Gasteiger partial charge in [-0.15, -0.1) is 0 Å². The summed E-state index contributed by atoms with van der Waals surface area (Å²) in [7, 11) is 0. The fraction of sp³-hybridized carbons (Fsp3) is 0.316. The van der Waals surface area contributed by atoms with E-state index in [1.807, 2.05) is 6.92 Å². The molecule has 1 aliphatic heterocycles. The van der Waals surface area contributed by atoms with Crippen LogP contribution in [0.1, 0.15) is 22.3 Å². The van der Waals surface area contributed by atoms with Crippen LogP contribution in [0.2, 0.25) is 0 Å². The molecule has 2 aromatic carbocycles. The van der Waals surface area contributed by atoms with Crippen molar-refractivity contribution in [3.63, 3.8) is 0 Å². The van der Waals surface area contributed by atoms with Crippen LogP contribution in [0.15, 0.2) is 42.5 Å². The van der Waals surface area contributed by atoms with E-state index >= 15 is 0 Å². The van der Waals surface area contributed by atoms with Crippen molar-refractivity contribution in [2.24, 2.45) is 0 Å². The van der Waals surface area contributed by atoms with Crippen LogP contribution in [0.3, 0.4) is 0 Å². The predicted molar refractivity (Wildman–Crippen MR) is 91.3 cm³/mol. The first-order chi connectivity index (χ1) is 11.5. The molecule has 1 saturated heterocycles. The summed E-state index contributed by atoms with van der Waals surface area (Å²) < 4.78 is 13.9. The number of hydrogen-bond donors (Lipinski definition) is 3. The lowest BCUT2D eigenvalue weighted by Crippen LogP contribution is -2.44. The zero-order valence-corrected chi connectivity index (χ0v) is 13.6. The summed E-state index contributed by atoms with van der Waals surface area (Å²) in [5, 5.41) is 16.1. The number of amides is 1. The third-order valence-electron chi connectivity index (χ3n) is 4.38. The van der Waals surface area contributed by atoms with Gasteiger partial charge in [0.05, 0.1) is 5.60 Å². The number of nitrogens with one attached hydrogen (secondary N) is 2. The molecule has 0 radical (unpaired) electrons. The molecule has 24 heavy (non-hydrogen) atoms. The van der Waals surface area contributed by atoms with E-state index in [1.165, 1.54) is 6.07 Å². The maximum absolute atomic E-state index is 13.9. The van der Waals surface area contributed by atoms with Crippen LogP contribution >= 0.6 is 0 Å². The molecule has 3 N–H and O–H groups in total. The van der Waals surface area contributed by atoms with Gasteiger partial charge in [-0.3, -0.25) is 4.79 Å². The van der Waals surface area contributed by atoms with Crippen LogP contribution in [0.5, 0.6) is 0 Å².